The maximum Gasteiger partial charge on any atom is 0.0645 e. The first kappa shape index (κ1) is 9.45. The standard InChI is InChI=1S/C8H15NO/c1-2-3-4-7-10-8-5-6-9/h2-5,7-8H2,1H3. The van der Waals surface area contributed by atoms with E-state index in [1.807, 2.05) is 6.07 Å². The average molecular weight is 141 g/mol. The Morgan fingerprint density at radius 2 is 2.10 bits per heavy atom. The number of hydrogen-bond acceptors (Lipinski definition) is 2. The second-order valence-electron chi connectivity index (χ2n) is 2.23. The molecule has 0 N–H and O–H groups in total. The first-order chi connectivity index (χ1) is 4.91. The van der Waals surface area contributed by atoms with Crippen LogP contribution >= 0.6 is 0 Å². The molecule has 0 aromatic heterocycles. The molecule has 10 heavy (non-hydrogen) atoms. The fourth-order valence-corrected chi connectivity index (χ4v) is 0.674. The minimum absolute atomic E-state index is 0.520. The van der Waals surface area contributed by atoms with Crippen LogP contribution in [0.15, 0.2) is 0 Å². The molecule has 0 aliphatic rings. The summed E-state index contributed by atoms with van der Waals surface area (Å²) >= 11 is 0. The van der Waals surface area contributed by atoms with Crippen LogP contribution in [-0.2, 0) is 4.74 Å². The van der Waals surface area contributed by atoms with Gasteiger partial charge in [-0.2, -0.15) is 5.26 Å². The van der Waals surface area contributed by atoms with E-state index in [-0.39, 0.29) is 0 Å². The van der Waals surface area contributed by atoms with Crippen molar-refractivity contribution in [1.29, 1.82) is 5.26 Å². The van der Waals surface area contributed by atoms with Crippen LogP contribution in [0.1, 0.15) is 32.6 Å². The van der Waals surface area contributed by atoms with Crippen molar-refractivity contribution in [3.8, 4) is 6.07 Å². The fraction of sp³-hybridized carbons (Fsp3) is 0.875. The maximum atomic E-state index is 8.14. The Labute approximate surface area is 62.8 Å². The van der Waals surface area contributed by atoms with Gasteiger partial charge in [0, 0.05) is 6.61 Å². The highest BCUT2D eigenvalue weighted by molar-refractivity contribution is 4.66. The number of unbranched alkanes of at least 4 members (excludes halogenated alkanes) is 2. The van der Waals surface area contributed by atoms with Gasteiger partial charge in [-0.05, 0) is 6.42 Å². The minimum atomic E-state index is 0.520. The summed E-state index contributed by atoms with van der Waals surface area (Å²) in [4.78, 5) is 0. The molecule has 0 spiro atoms. The van der Waals surface area contributed by atoms with Gasteiger partial charge in [-0.25, -0.2) is 0 Å². The van der Waals surface area contributed by atoms with Gasteiger partial charge in [0.25, 0.3) is 0 Å². The Bertz CT molecular complexity index is 95.9. The summed E-state index contributed by atoms with van der Waals surface area (Å²) in [7, 11) is 0. The van der Waals surface area contributed by atoms with Gasteiger partial charge in [-0.3, -0.25) is 0 Å². The predicted molar refractivity (Wildman–Crippen MR) is 40.6 cm³/mol. The SMILES string of the molecule is CCCCCOCCC#N. The van der Waals surface area contributed by atoms with E-state index < -0.39 is 0 Å². The quantitative estimate of drug-likeness (QED) is 0.531. The molecule has 0 amide bonds. The van der Waals surface area contributed by atoms with Crippen LogP contribution in [0.4, 0.5) is 0 Å². The normalized spacial score (nSPS) is 9.20. The number of nitriles is 1. The van der Waals surface area contributed by atoms with Crippen LogP contribution < -0.4 is 0 Å². The van der Waals surface area contributed by atoms with Crippen molar-refractivity contribution in [2.75, 3.05) is 13.2 Å². The van der Waals surface area contributed by atoms with Gasteiger partial charge in [0.1, 0.15) is 0 Å². The zero-order valence-electron chi connectivity index (χ0n) is 6.60. The molecule has 0 saturated carbocycles. The molecule has 0 aromatic carbocycles. The second-order valence-corrected chi connectivity index (χ2v) is 2.23. The monoisotopic (exact) mass is 141 g/mol. The zero-order valence-corrected chi connectivity index (χ0v) is 6.60. The molecular weight excluding hydrogens is 126 g/mol. The van der Waals surface area contributed by atoms with E-state index in [1.165, 1.54) is 12.8 Å². The van der Waals surface area contributed by atoms with E-state index in [1.54, 1.807) is 0 Å². The smallest absolute Gasteiger partial charge is 0.0645 e. The van der Waals surface area contributed by atoms with Crippen molar-refractivity contribution in [3.63, 3.8) is 0 Å². The molecule has 0 fully saturated rings. The molecule has 0 aliphatic carbocycles. The summed E-state index contributed by atoms with van der Waals surface area (Å²) < 4.78 is 5.15. The molecule has 0 bridgehead atoms. The fourth-order valence-electron chi connectivity index (χ4n) is 0.674. The summed E-state index contributed by atoms with van der Waals surface area (Å²) in [5.41, 5.74) is 0. The molecule has 0 heterocycles. The third kappa shape index (κ3) is 7.45. The lowest BCUT2D eigenvalue weighted by atomic mass is 10.3. The second kappa shape index (κ2) is 8.45. The Morgan fingerprint density at radius 3 is 2.70 bits per heavy atom. The minimum Gasteiger partial charge on any atom is -0.380 e. The van der Waals surface area contributed by atoms with Crippen LogP contribution in [0.3, 0.4) is 0 Å². The molecule has 0 aliphatic heterocycles. The average Bonchev–Trinajstić information content (AvgIpc) is 1.97. The largest absolute Gasteiger partial charge is 0.380 e. The molecule has 0 atom stereocenters. The summed E-state index contributed by atoms with van der Waals surface area (Å²) in [6.45, 7) is 3.57. The summed E-state index contributed by atoms with van der Waals surface area (Å²) in [6, 6.07) is 2.03. The Morgan fingerprint density at radius 1 is 1.30 bits per heavy atom. The van der Waals surface area contributed by atoms with Crippen molar-refractivity contribution in [2.45, 2.75) is 32.6 Å². The highest BCUT2D eigenvalue weighted by Crippen LogP contribution is 1.94. The molecular formula is C8H15NO. The van der Waals surface area contributed by atoms with E-state index in [0.717, 1.165) is 13.0 Å². The van der Waals surface area contributed by atoms with Gasteiger partial charge in [0.2, 0.25) is 0 Å². The van der Waals surface area contributed by atoms with E-state index >= 15 is 0 Å². The number of rotatable bonds is 6. The third-order valence-electron chi connectivity index (χ3n) is 1.25. The molecule has 2 nitrogen and oxygen atoms in total. The van der Waals surface area contributed by atoms with Crippen molar-refractivity contribution in [2.24, 2.45) is 0 Å². The van der Waals surface area contributed by atoms with Crippen LogP contribution in [0.25, 0.3) is 0 Å². The first-order valence-electron chi connectivity index (χ1n) is 3.86. The van der Waals surface area contributed by atoms with Crippen molar-refractivity contribution >= 4 is 0 Å². The van der Waals surface area contributed by atoms with E-state index in [2.05, 4.69) is 6.92 Å². The molecule has 2 heteroatoms. The molecule has 58 valence electrons. The maximum absolute atomic E-state index is 8.14. The summed E-state index contributed by atoms with van der Waals surface area (Å²) in [5, 5.41) is 8.14. The molecule has 0 radical (unpaired) electrons. The van der Waals surface area contributed by atoms with E-state index in [0.29, 0.717) is 13.0 Å². The molecule has 0 aromatic rings. The van der Waals surface area contributed by atoms with Crippen LogP contribution in [0, 0.1) is 11.3 Å². The van der Waals surface area contributed by atoms with Gasteiger partial charge >= 0.3 is 0 Å². The summed E-state index contributed by atoms with van der Waals surface area (Å²) in [6.07, 6.45) is 4.10. The van der Waals surface area contributed by atoms with Crippen molar-refractivity contribution in [1.82, 2.24) is 0 Å². The van der Waals surface area contributed by atoms with Gasteiger partial charge in [-0.1, -0.05) is 19.8 Å². The van der Waals surface area contributed by atoms with Gasteiger partial charge < -0.3 is 4.74 Å². The van der Waals surface area contributed by atoms with E-state index in [4.69, 9.17) is 10.00 Å². The van der Waals surface area contributed by atoms with Gasteiger partial charge in [0.05, 0.1) is 19.1 Å². The molecule has 0 rings (SSSR count). The zero-order chi connectivity index (χ0) is 7.66. The third-order valence-corrected chi connectivity index (χ3v) is 1.25. The first-order valence-corrected chi connectivity index (χ1v) is 3.86. The Balaban J connectivity index is 2.72. The number of hydrogen-bond donors (Lipinski definition) is 0. The lowest BCUT2D eigenvalue weighted by Gasteiger charge is -1.98. The molecule has 0 unspecified atom stereocenters. The Kier molecular flexibility index (Phi) is 7.99. The lowest BCUT2D eigenvalue weighted by molar-refractivity contribution is 0.135. The van der Waals surface area contributed by atoms with Gasteiger partial charge in [0.15, 0.2) is 0 Å². The van der Waals surface area contributed by atoms with E-state index in [9.17, 15) is 0 Å². The van der Waals surface area contributed by atoms with Crippen LogP contribution in [0.2, 0.25) is 0 Å². The van der Waals surface area contributed by atoms with Gasteiger partial charge in [-0.15, -0.1) is 0 Å². The highest BCUT2D eigenvalue weighted by Gasteiger charge is 1.86. The Hall–Kier alpha value is -0.550. The predicted octanol–water partition coefficient (Wildman–Crippen LogP) is 2.11. The van der Waals surface area contributed by atoms with Crippen LogP contribution in [0.5, 0.6) is 0 Å². The van der Waals surface area contributed by atoms with Crippen molar-refractivity contribution in [3.05, 3.63) is 0 Å². The highest BCUT2D eigenvalue weighted by atomic mass is 16.5. The summed E-state index contributed by atoms with van der Waals surface area (Å²) in [5.74, 6) is 0. The van der Waals surface area contributed by atoms with Crippen LogP contribution in [-0.4, -0.2) is 13.2 Å². The lowest BCUT2D eigenvalue weighted by Crippen LogP contribution is -1.95. The molecule has 0 saturated heterocycles. The topological polar surface area (TPSA) is 33.0 Å². The number of ether oxygens (including phenoxy) is 1. The number of nitrogens with zero attached hydrogens (tertiary/aromatic N) is 1. The van der Waals surface area contributed by atoms with Crippen molar-refractivity contribution < 1.29 is 4.74 Å².